The van der Waals surface area contributed by atoms with Gasteiger partial charge in [0.25, 0.3) is 5.91 Å². The maximum Gasteiger partial charge on any atom is 0.251 e. The molecular weight excluding hydrogens is 312 g/mol. The molecule has 1 aliphatic carbocycles. The molecule has 2 amide bonds. The first kappa shape index (κ1) is 13.9. The zero-order chi connectivity index (χ0) is 14.0. The third-order valence-corrected chi connectivity index (χ3v) is 4.08. The lowest BCUT2D eigenvalue weighted by molar-refractivity contribution is -0.122. The number of nitrogens with one attached hydrogen (secondary N) is 1. The van der Waals surface area contributed by atoms with Crippen molar-refractivity contribution in [2.45, 2.75) is 25.3 Å². The molecular formula is C13H15BrN2O3. The molecule has 1 fully saturated rings. The number of benzene rings is 1. The predicted molar refractivity (Wildman–Crippen MR) is 73.6 cm³/mol. The van der Waals surface area contributed by atoms with Crippen molar-refractivity contribution in [1.82, 2.24) is 5.32 Å². The Bertz CT molecular complexity index is 519. The normalized spacial score (nSPS) is 22.2. The number of phenolic OH excluding ortho intramolecular Hbond substituents is 1. The highest BCUT2D eigenvalue weighted by Crippen LogP contribution is 2.27. The van der Waals surface area contributed by atoms with Crippen LogP contribution in [0.5, 0.6) is 5.75 Å². The monoisotopic (exact) mass is 326 g/mol. The molecule has 0 spiro atoms. The highest BCUT2D eigenvalue weighted by molar-refractivity contribution is 9.10. The smallest absolute Gasteiger partial charge is 0.251 e. The fourth-order valence-corrected chi connectivity index (χ4v) is 2.63. The Morgan fingerprint density at radius 3 is 2.74 bits per heavy atom. The molecule has 0 radical (unpaired) electrons. The minimum absolute atomic E-state index is 0.00511. The molecule has 0 aromatic heterocycles. The summed E-state index contributed by atoms with van der Waals surface area (Å²) in [5.41, 5.74) is 5.67. The van der Waals surface area contributed by atoms with Gasteiger partial charge in [-0.15, -0.1) is 0 Å². The van der Waals surface area contributed by atoms with Gasteiger partial charge in [0.15, 0.2) is 0 Å². The molecule has 0 heterocycles. The number of carbonyl (C=O) groups excluding carboxylic acids is 2. The topological polar surface area (TPSA) is 92.4 Å². The van der Waals surface area contributed by atoms with E-state index >= 15 is 0 Å². The molecule has 2 rings (SSSR count). The summed E-state index contributed by atoms with van der Waals surface area (Å²) in [5.74, 6) is -0.971. The minimum Gasteiger partial charge on any atom is -0.507 e. The van der Waals surface area contributed by atoms with Crippen molar-refractivity contribution < 1.29 is 14.7 Å². The lowest BCUT2D eigenvalue weighted by Gasteiger charge is -2.18. The number of phenols is 1. The lowest BCUT2D eigenvalue weighted by Crippen LogP contribution is -2.42. The molecule has 4 N–H and O–H groups in total. The second-order valence-electron chi connectivity index (χ2n) is 4.69. The summed E-state index contributed by atoms with van der Waals surface area (Å²) in [4.78, 5) is 23.3. The average Bonchev–Trinajstić information content (AvgIpc) is 2.80. The van der Waals surface area contributed by atoms with Gasteiger partial charge in [-0.25, -0.2) is 0 Å². The maximum atomic E-state index is 12.0. The maximum absolute atomic E-state index is 12.0. The number of carbonyl (C=O) groups is 2. The molecule has 1 aromatic rings. The number of hydrogen-bond acceptors (Lipinski definition) is 3. The highest BCUT2D eigenvalue weighted by Gasteiger charge is 2.32. The molecule has 102 valence electrons. The van der Waals surface area contributed by atoms with E-state index in [1.54, 1.807) is 12.1 Å². The largest absolute Gasteiger partial charge is 0.507 e. The van der Waals surface area contributed by atoms with Crippen LogP contribution in [0, 0.1) is 5.92 Å². The molecule has 0 aliphatic heterocycles. The molecule has 0 bridgehead atoms. The zero-order valence-corrected chi connectivity index (χ0v) is 11.8. The van der Waals surface area contributed by atoms with E-state index in [4.69, 9.17) is 5.73 Å². The van der Waals surface area contributed by atoms with Crippen molar-refractivity contribution in [2.75, 3.05) is 0 Å². The molecule has 1 aromatic carbocycles. The van der Waals surface area contributed by atoms with Crippen molar-refractivity contribution in [3.8, 4) is 5.75 Å². The third kappa shape index (κ3) is 3.07. The second-order valence-corrected chi connectivity index (χ2v) is 5.54. The first-order valence-corrected chi connectivity index (χ1v) is 6.87. The van der Waals surface area contributed by atoms with Crippen LogP contribution in [0.3, 0.4) is 0 Å². The van der Waals surface area contributed by atoms with Gasteiger partial charge in [-0.1, -0.05) is 6.42 Å². The van der Waals surface area contributed by atoms with Crippen molar-refractivity contribution in [3.63, 3.8) is 0 Å². The number of aromatic hydroxyl groups is 1. The van der Waals surface area contributed by atoms with Gasteiger partial charge < -0.3 is 16.2 Å². The predicted octanol–water partition coefficient (Wildman–Crippen LogP) is 1.54. The van der Waals surface area contributed by atoms with Gasteiger partial charge in [-0.2, -0.15) is 0 Å². The standard InChI is InChI=1S/C13H15BrN2O3/c14-9-5-4-7(6-11(9)17)13(19)16-10-3-1-2-8(10)12(15)18/h4-6,8,10,17H,1-3H2,(H2,15,18)(H,16,19)/t8-,10+/m0/s1. The molecule has 5 nitrogen and oxygen atoms in total. The van der Waals surface area contributed by atoms with Gasteiger partial charge in [-0.3, -0.25) is 9.59 Å². The van der Waals surface area contributed by atoms with E-state index in [9.17, 15) is 14.7 Å². The molecule has 1 saturated carbocycles. The molecule has 0 saturated heterocycles. The van der Waals surface area contributed by atoms with E-state index in [2.05, 4.69) is 21.2 Å². The van der Waals surface area contributed by atoms with Crippen molar-refractivity contribution in [3.05, 3.63) is 28.2 Å². The van der Waals surface area contributed by atoms with Crippen LogP contribution in [-0.2, 0) is 4.79 Å². The van der Waals surface area contributed by atoms with Gasteiger partial charge in [0.1, 0.15) is 5.75 Å². The van der Waals surface area contributed by atoms with Gasteiger partial charge in [0.05, 0.1) is 10.4 Å². The fraction of sp³-hybridized carbons (Fsp3) is 0.385. The number of nitrogens with two attached hydrogens (primary N) is 1. The molecule has 19 heavy (non-hydrogen) atoms. The second kappa shape index (κ2) is 5.61. The van der Waals surface area contributed by atoms with E-state index in [-0.39, 0.29) is 29.5 Å². The van der Waals surface area contributed by atoms with Crippen LogP contribution in [0.4, 0.5) is 0 Å². The number of halogens is 1. The number of hydrogen-bond donors (Lipinski definition) is 3. The quantitative estimate of drug-likeness (QED) is 0.786. The van der Waals surface area contributed by atoms with E-state index < -0.39 is 0 Å². The molecule has 1 aliphatic rings. The summed E-state index contributed by atoms with van der Waals surface area (Å²) in [7, 11) is 0. The minimum atomic E-state index is -0.374. The number of rotatable bonds is 3. The summed E-state index contributed by atoms with van der Waals surface area (Å²) in [6.07, 6.45) is 2.35. The van der Waals surface area contributed by atoms with Crippen molar-refractivity contribution in [1.29, 1.82) is 0 Å². The van der Waals surface area contributed by atoms with E-state index in [1.807, 2.05) is 0 Å². The highest BCUT2D eigenvalue weighted by atomic mass is 79.9. The van der Waals surface area contributed by atoms with Crippen LogP contribution in [0.2, 0.25) is 0 Å². The first-order chi connectivity index (χ1) is 8.99. The van der Waals surface area contributed by atoms with Crippen LogP contribution in [0.15, 0.2) is 22.7 Å². The number of primary amides is 1. The third-order valence-electron chi connectivity index (χ3n) is 3.41. The van der Waals surface area contributed by atoms with Crippen LogP contribution in [0.1, 0.15) is 29.6 Å². The summed E-state index contributed by atoms with van der Waals surface area (Å²) in [6, 6.07) is 4.38. The average molecular weight is 327 g/mol. The summed E-state index contributed by atoms with van der Waals surface area (Å²) in [5, 5.41) is 12.4. The van der Waals surface area contributed by atoms with Gasteiger partial charge in [-0.05, 0) is 47.0 Å². The van der Waals surface area contributed by atoms with Crippen molar-refractivity contribution in [2.24, 2.45) is 11.7 Å². The first-order valence-electron chi connectivity index (χ1n) is 6.07. The Morgan fingerprint density at radius 1 is 1.37 bits per heavy atom. The van der Waals surface area contributed by atoms with Gasteiger partial charge in [0.2, 0.25) is 5.91 Å². The SMILES string of the molecule is NC(=O)[C@H]1CCC[C@H]1NC(=O)c1ccc(Br)c(O)c1. The Labute approximate surface area is 119 Å². The summed E-state index contributed by atoms with van der Waals surface area (Å²) < 4.78 is 0.528. The van der Waals surface area contributed by atoms with Crippen LogP contribution in [-0.4, -0.2) is 23.0 Å². The summed E-state index contributed by atoms with van der Waals surface area (Å²) >= 11 is 3.15. The molecule has 6 heteroatoms. The van der Waals surface area contributed by atoms with E-state index in [0.717, 1.165) is 12.8 Å². The lowest BCUT2D eigenvalue weighted by atomic mass is 10.0. The number of amides is 2. The van der Waals surface area contributed by atoms with Crippen molar-refractivity contribution >= 4 is 27.7 Å². The van der Waals surface area contributed by atoms with Crippen LogP contribution >= 0.6 is 15.9 Å². The Balaban J connectivity index is 2.08. The van der Waals surface area contributed by atoms with Gasteiger partial charge in [0, 0.05) is 11.6 Å². The van der Waals surface area contributed by atoms with E-state index in [1.165, 1.54) is 6.07 Å². The van der Waals surface area contributed by atoms with Gasteiger partial charge >= 0.3 is 0 Å². The zero-order valence-electron chi connectivity index (χ0n) is 10.2. The fourth-order valence-electron chi connectivity index (χ4n) is 2.38. The Kier molecular flexibility index (Phi) is 4.09. The Morgan fingerprint density at radius 2 is 2.11 bits per heavy atom. The Hall–Kier alpha value is -1.56. The summed E-state index contributed by atoms with van der Waals surface area (Å²) in [6.45, 7) is 0. The molecule has 0 unspecified atom stereocenters. The van der Waals surface area contributed by atoms with Crippen LogP contribution < -0.4 is 11.1 Å². The van der Waals surface area contributed by atoms with E-state index in [0.29, 0.717) is 16.5 Å². The molecule has 2 atom stereocenters. The van der Waals surface area contributed by atoms with Crippen LogP contribution in [0.25, 0.3) is 0 Å².